The molecule has 2 aromatic heterocycles. The summed E-state index contributed by atoms with van der Waals surface area (Å²) >= 11 is 0. The van der Waals surface area contributed by atoms with Crippen LogP contribution in [0.25, 0.3) is 0 Å². The molecule has 0 bridgehead atoms. The van der Waals surface area contributed by atoms with Gasteiger partial charge in [0.05, 0.1) is 0 Å². The van der Waals surface area contributed by atoms with Crippen LogP contribution >= 0.6 is 0 Å². The van der Waals surface area contributed by atoms with Crippen LogP contribution in [-0.4, -0.2) is 43.9 Å². The van der Waals surface area contributed by atoms with Crippen molar-refractivity contribution in [2.75, 3.05) is 18.0 Å². The lowest BCUT2D eigenvalue weighted by molar-refractivity contribution is -0.137. The highest BCUT2D eigenvalue weighted by Gasteiger charge is 2.27. The van der Waals surface area contributed by atoms with E-state index in [9.17, 15) is 4.79 Å². The van der Waals surface area contributed by atoms with Crippen molar-refractivity contribution in [1.29, 1.82) is 0 Å². The molecule has 2 aliphatic rings. The molecule has 138 valence electrons. The number of rotatable bonds is 4. The minimum atomic E-state index is -0.865. The second-order valence-corrected chi connectivity index (χ2v) is 7.33. The summed E-state index contributed by atoms with van der Waals surface area (Å²) in [6.45, 7) is 3.76. The fourth-order valence-electron chi connectivity index (χ4n) is 4.26. The summed E-state index contributed by atoms with van der Waals surface area (Å²) in [6, 6.07) is 1.94. The van der Waals surface area contributed by atoms with Gasteiger partial charge in [0.2, 0.25) is 5.95 Å². The van der Waals surface area contributed by atoms with E-state index in [1.807, 2.05) is 6.07 Å². The number of piperidine rings is 1. The van der Waals surface area contributed by atoms with Crippen molar-refractivity contribution in [1.82, 2.24) is 19.7 Å². The zero-order valence-electron chi connectivity index (χ0n) is 15.2. The fourth-order valence-corrected chi connectivity index (χ4v) is 4.26. The molecule has 1 N–H and O–H groups in total. The minimum absolute atomic E-state index is 0.0900. The molecular weight excluding hydrogens is 330 g/mol. The highest BCUT2D eigenvalue weighted by molar-refractivity contribution is 5.66. The number of carboxylic acids is 1. The number of hydrogen-bond donors (Lipinski definition) is 1. The third-order valence-electron chi connectivity index (χ3n) is 5.54. The van der Waals surface area contributed by atoms with E-state index in [4.69, 9.17) is 15.1 Å². The van der Waals surface area contributed by atoms with Crippen LogP contribution < -0.4 is 4.90 Å². The maximum Gasteiger partial charge on any atom is 0.325 e. The third kappa shape index (κ3) is 3.30. The molecule has 2 aromatic rings. The Morgan fingerprint density at radius 2 is 2.12 bits per heavy atom. The predicted molar refractivity (Wildman–Crippen MR) is 97.5 cm³/mol. The second-order valence-electron chi connectivity index (χ2n) is 7.33. The number of carboxylic acid groups (broad SMARTS) is 1. The summed E-state index contributed by atoms with van der Waals surface area (Å²) in [4.78, 5) is 23.0. The molecule has 0 unspecified atom stereocenters. The van der Waals surface area contributed by atoms with E-state index in [1.165, 1.54) is 24.1 Å². The number of carbonyl (C=O) groups is 1. The number of anilines is 1. The summed E-state index contributed by atoms with van der Waals surface area (Å²) in [5.41, 5.74) is 4.67. The van der Waals surface area contributed by atoms with Crippen LogP contribution in [0.15, 0.2) is 12.3 Å². The molecule has 7 heteroatoms. The van der Waals surface area contributed by atoms with E-state index in [0.717, 1.165) is 56.1 Å². The molecular formula is C19H25N5O2. The monoisotopic (exact) mass is 355 g/mol. The average molecular weight is 355 g/mol. The van der Waals surface area contributed by atoms with Gasteiger partial charge in [-0.15, -0.1) is 0 Å². The quantitative estimate of drug-likeness (QED) is 0.906. The van der Waals surface area contributed by atoms with Gasteiger partial charge in [0.15, 0.2) is 0 Å². The van der Waals surface area contributed by atoms with Crippen molar-refractivity contribution < 1.29 is 9.90 Å². The van der Waals surface area contributed by atoms with E-state index in [0.29, 0.717) is 0 Å². The van der Waals surface area contributed by atoms with Gasteiger partial charge in [0, 0.05) is 42.3 Å². The molecule has 0 radical (unpaired) electrons. The molecule has 0 aromatic carbocycles. The molecule has 1 atom stereocenters. The number of aromatic nitrogens is 4. The SMILES string of the molecule is Cc1nc(N2CCC[C@H](c3ccnn3CC(=O)O)C2)nc2c1CCCC2. The Kier molecular flexibility index (Phi) is 4.61. The number of aliphatic carboxylic acids is 1. The Bertz CT molecular complexity index is 816. The Balaban J connectivity index is 1.57. The first-order chi connectivity index (χ1) is 12.6. The summed E-state index contributed by atoms with van der Waals surface area (Å²) in [5.74, 6) is 0.221. The van der Waals surface area contributed by atoms with Gasteiger partial charge in [0.1, 0.15) is 6.54 Å². The van der Waals surface area contributed by atoms with Gasteiger partial charge < -0.3 is 10.0 Å². The van der Waals surface area contributed by atoms with Crippen LogP contribution in [0.1, 0.15) is 54.2 Å². The van der Waals surface area contributed by atoms with Crippen LogP contribution in [0.3, 0.4) is 0 Å². The number of fused-ring (bicyclic) bond motifs is 1. The molecule has 1 aliphatic carbocycles. The van der Waals surface area contributed by atoms with Gasteiger partial charge >= 0.3 is 5.97 Å². The Labute approximate surface area is 153 Å². The van der Waals surface area contributed by atoms with Gasteiger partial charge in [-0.25, -0.2) is 9.97 Å². The largest absolute Gasteiger partial charge is 0.480 e. The lowest BCUT2D eigenvalue weighted by Crippen LogP contribution is -2.37. The van der Waals surface area contributed by atoms with Gasteiger partial charge in [-0.1, -0.05) is 0 Å². The molecule has 1 fully saturated rings. The van der Waals surface area contributed by atoms with Crippen LogP contribution in [0.4, 0.5) is 5.95 Å². The maximum absolute atomic E-state index is 11.1. The van der Waals surface area contributed by atoms with Crippen molar-refractivity contribution in [3.8, 4) is 0 Å². The van der Waals surface area contributed by atoms with Crippen molar-refractivity contribution in [3.63, 3.8) is 0 Å². The topological polar surface area (TPSA) is 84.1 Å². The molecule has 3 heterocycles. The third-order valence-corrected chi connectivity index (χ3v) is 5.54. The maximum atomic E-state index is 11.1. The normalized spacial score (nSPS) is 20.0. The summed E-state index contributed by atoms with van der Waals surface area (Å²) < 4.78 is 1.61. The Morgan fingerprint density at radius 1 is 1.27 bits per heavy atom. The molecule has 0 saturated carbocycles. The first-order valence-corrected chi connectivity index (χ1v) is 9.46. The van der Waals surface area contributed by atoms with Crippen molar-refractivity contribution in [2.24, 2.45) is 0 Å². The number of nitrogens with zero attached hydrogens (tertiary/aromatic N) is 5. The molecule has 26 heavy (non-hydrogen) atoms. The first-order valence-electron chi connectivity index (χ1n) is 9.46. The highest BCUT2D eigenvalue weighted by atomic mass is 16.4. The van der Waals surface area contributed by atoms with Crippen molar-refractivity contribution in [3.05, 3.63) is 34.9 Å². The van der Waals surface area contributed by atoms with E-state index >= 15 is 0 Å². The highest BCUT2D eigenvalue weighted by Crippen LogP contribution is 2.30. The van der Waals surface area contributed by atoms with Gasteiger partial charge in [-0.2, -0.15) is 5.10 Å². The standard InChI is InChI=1S/C19H25N5O2/c1-13-15-6-2-3-7-16(15)22-19(21-13)23-10-4-5-14(11-23)17-8-9-20-24(17)12-18(25)26/h8-9,14H,2-7,10-12H2,1H3,(H,25,26)/t14-/m0/s1. The smallest absolute Gasteiger partial charge is 0.325 e. The Hall–Kier alpha value is -2.44. The lowest BCUT2D eigenvalue weighted by Gasteiger charge is -2.33. The second kappa shape index (κ2) is 7.05. The van der Waals surface area contributed by atoms with Crippen LogP contribution in [0, 0.1) is 6.92 Å². The van der Waals surface area contributed by atoms with Crippen LogP contribution in [0.2, 0.25) is 0 Å². The van der Waals surface area contributed by atoms with Gasteiger partial charge in [-0.3, -0.25) is 9.48 Å². The molecule has 4 rings (SSSR count). The van der Waals surface area contributed by atoms with Gasteiger partial charge in [0.25, 0.3) is 0 Å². The fraction of sp³-hybridized carbons (Fsp3) is 0.579. The average Bonchev–Trinajstić information content (AvgIpc) is 3.09. The molecule has 0 spiro atoms. The molecule has 1 saturated heterocycles. The molecule has 7 nitrogen and oxygen atoms in total. The van der Waals surface area contributed by atoms with Gasteiger partial charge in [-0.05, 0) is 57.1 Å². The van der Waals surface area contributed by atoms with Crippen LogP contribution in [-0.2, 0) is 24.2 Å². The predicted octanol–water partition coefficient (Wildman–Crippen LogP) is 2.33. The lowest BCUT2D eigenvalue weighted by atomic mass is 9.94. The zero-order chi connectivity index (χ0) is 18.1. The number of aryl methyl sites for hydroxylation is 2. The summed E-state index contributed by atoms with van der Waals surface area (Å²) in [5, 5.41) is 13.3. The Morgan fingerprint density at radius 3 is 2.96 bits per heavy atom. The van der Waals surface area contributed by atoms with E-state index < -0.39 is 5.97 Å². The van der Waals surface area contributed by atoms with Crippen molar-refractivity contribution in [2.45, 2.75) is 57.9 Å². The number of hydrogen-bond acceptors (Lipinski definition) is 5. The van der Waals surface area contributed by atoms with E-state index in [1.54, 1.807) is 10.9 Å². The zero-order valence-corrected chi connectivity index (χ0v) is 15.2. The van der Waals surface area contributed by atoms with E-state index in [-0.39, 0.29) is 12.5 Å². The van der Waals surface area contributed by atoms with Crippen molar-refractivity contribution >= 4 is 11.9 Å². The summed E-state index contributed by atoms with van der Waals surface area (Å²) in [6.07, 6.45) is 8.35. The first kappa shape index (κ1) is 17.0. The summed E-state index contributed by atoms with van der Waals surface area (Å²) in [7, 11) is 0. The minimum Gasteiger partial charge on any atom is -0.480 e. The van der Waals surface area contributed by atoms with E-state index in [2.05, 4.69) is 16.9 Å². The molecule has 0 amide bonds. The van der Waals surface area contributed by atoms with Crippen LogP contribution in [0.5, 0.6) is 0 Å². The molecule has 1 aliphatic heterocycles.